The van der Waals surface area contributed by atoms with Gasteiger partial charge in [0.1, 0.15) is 6.04 Å². The van der Waals surface area contributed by atoms with Crippen molar-refractivity contribution in [2.24, 2.45) is 0 Å². The van der Waals surface area contributed by atoms with E-state index in [-0.39, 0.29) is 18.9 Å². The predicted octanol–water partition coefficient (Wildman–Crippen LogP) is -1.10. The van der Waals surface area contributed by atoms with Crippen molar-refractivity contribution in [3.63, 3.8) is 0 Å². The van der Waals surface area contributed by atoms with Crippen LogP contribution in [0.3, 0.4) is 0 Å². The van der Waals surface area contributed by atoms with Gasteiger partial charge in [-0.2, -0.15) is 0 Å². The molecule has 1 atom stereocenters. The molecule has 2 amide bonds. The third-order valence-electron chi connectivity index (χ3n) is 2.17. The van der Waals surface area contributed by atoms with Crippen molar-refractivity contribution in [1.82, 2.24) is 10.2 Å². The summed E-state index contributed by atoms with van der Waals surface area (Å²) >= 11 is 0. The molecule has 1 aliphatic rings. The van der Waals surface area contributed by atoms with Gasteiger partial charge < -0.3 is 15.0 Å². The molecule has 1 unspecified atom stereocenters. The van der Waals surface area contributed by atoms with Crippen molar-refractivity contribution in [2.75, 3.05) is 19.7 Å². The van der Waals surface area contributed by atoms with Crippen LogP contribution in [0.15, 0.2) is 0 Å². The van der Waals surface area contributed by atoms with Crippen LogP contribution in [0.25, 0.3) is 0 Å². The maximum Gasteiger partial charge on any atom is 0.308 e. The number of hydrogen-bond acceptors (Lipinski definition) is 4. The smallest absolute Gasteiger partial charge is 0.308 e. The molecule has 0 aliphatic carbocycles. The summed E-state index contributed by atoms with van der Waals surface area (Å²) < 4.78 is 4.72. The summed E-state index contributed by atoms with van der Waals surface area (Å²) in [7, 11) is 0. The Hall–Kier alpha value is -1.59. The van der Waals surface area contributed by atoms with Gasteiger partial charge in [0, 0.05) is 13.1 Å². The number of rotatable bonds is 4. The maximum atomic E-state index is 11.4. The second kappa shape index (κ2) is 5.33. The first kappa shape index (κ1) is 11.5. The van der Waals surface area contributed by atoms with Crippen LogP contribution < -0.4 is 5.32 Å². The molecule has 1 rings (SSSR count). The highest BCUT2D eigenvalue weighted by molar-refractivity contribution is 5.88. The highest BCUT2D eigenvalue weighted by Gasteiger charge is 2.30. The standard InChI is InChI=1S/C9H14N2O4/c1-2-15-8(13)5-7-9(14)10-3-4-11(7)6-12/h6-7H,2-5H2,1H3,(H,10,14). The highest BCUT2D eigenvalue weighted by Crippen LogP contribution is 2.07. The van der Waals surface area contributed by atoms with E-state index in [1.54, 1.807) is 6.92 Å². The fraction of sp³-hybridized carbons (Fsp3) is 0.667. The average molecular weight is 214 g/mol. The van der Waals surface area contributed by atoms with E-state index in [0.717, 1.165) is 0 Å². The van der Waals surface area contributed by atoms with E-state index >= 15 is 0 Å². The molecule has 1 heterocycles. The molecule has 1 aliphatic heterocycles. The average Bonchev–Trinajstić information content (AvgIpc) is 2.21. The van der Waals surface area contributed by atoms with Gasteiger partial charge in [0.05, 0.1) is 13.0 Å². The number of piperazine rings is 1. The first-order chi connectivity index (χ1) is 7.19. The summed E-state index contributed by atoms with van der Waals surface area (Å²) in [6, 6.07) is -0.727. The summed E-state index contributed by atoms with van der Waals surface area (Å²) in [5.74, 6) is -0.771. The van der Waals surface area contributed by atoms with Gasteiger partial charge in [-0.15, -0.1) is 0 Å². The van der Waals surface area contributed by atoms with Gasteiger partial charge >= 0.3 is 5.97 Å². The van der Waals surface area contributed by atoms with Gasteiger partial charge in [-0.05, 0) is 6.92 Å². The van der Waals surface area contributed by atoms with Crippen LogP contribution in [0.5, 0.6) is 0 Å². The molecule has 1 saturated heterocycles. The lowest BCUT2D eigenvalue weighted by atomic mass is 10.1. The Morgan fingerprint density at radius 1 is 1.73 bits per heavy atom. The van der Waals surface area contributed by atoms with E-state index < -0.39 is 12.0 Å². The lowest BCUT2D eigenvalue weighted by molar-refractivity contribution is -0.149. The van der Waals surface area contributed by atoms with Crippen LogP contribution in [-0.4, -0.2) is 48.9 Å². The third-order valence-corrected chi connectivity index (χ3v) is 2.17. The Morgan fingerprint density at radius 2 is 2.47 bits per heavy atom. The van der Waals surface area contributed by atoms with Crippen molar-refractivity contribution in [3.05, 3.63) is 0 Å². The minimum absolute atomic E-state index is 0.0849. The lowest BCUT2D eigenvalue weighted by Gasteiger charge is -2.31. The Morgan fingerprint density at radius 3 is 3.07 bits per heavy atom. The zero-order valence-corrected chi connectivity index (χ0v) is 8.56. The second-order valence-electron chi connectivity index (χ2n) is 3.16. The highest BCUT2D eigenvalue weighted by atomic mass is 16.5. The molecule has 0 aromatic rings. The minimum atomic E-state index is -0.727. The monoisotopic (exact) mass is 214 g/mol. The van der Waals surface area contributed by atoms with Crippen LogP contribution in [0.4, 0.5) is 0 Å². The van der Waals surface area contributed by atoms with E-state index in [1.165, 1.54) is 4.90 Å². The van der Waals surface area contributed by atoms with Gasteiger partial charge in [0.15, 0.2) is 0 Å². The molecular formula is C9H14N2O4. The quantitative estimate of drug-likeness (QED) is 0.476. The van der Waals surface area contributed by atoms with E-state index in [4.69, 9.17) is 4.74 Å². The molecule has 0 saturated carbocycles. The van der Waals surface area contributed by atoms with Gasteiger partial charge in [-0.3, -0.25) is 14.4 Å². The normalized spacial score (nSPS) is 20.7. The molecule has 15 heavy (non-hydrogen) atoms. The number of amides is 2. The van der Waals surface area contributed by atoms with E-state index in [0.29, 0.717) is 19.5 Å². The Bertz CT molecular complexity index is 267. The first-order valence-electron chi connectivity index (χ1n) is 4.83. The van der Waals surface area contributed by atoms with E-state index in [2.05, 4.69) is 5.32 Å². The number of carbonyl (C=O) groups excluding carboxylic acids is 3. The summed E-state index contributed by atoms with van der Waals surface area (Å²) in [6.07, 6.45) is 0.501. The molecule has 0 spiro atoms. The molecular weight excluding hydrogens is 200 g/mol. The molecule has 1 fully saturated rings. The van der Waals surface area contributed by atoms with Crippen molar-refractivity contribution in [1.29, 1.82) is 0 Å². The van der Waals surface area contributed by atoms with Crippen LogP contribution >= 0.6 is 0 Å². The molecule has 0 radical (unpaired) electrons. The number of ether oxygens (including phenoxy) is 1. The number of hydrogen-bond donors (Lipinski definition) is 1. The topological polar surface area (TPSA) is 75.7 Å². The number of nitrogens with one attached hydrogen (secondary N) is 1. The van der Waals surface area contributed by atoms with Crippen molar-refractivity contribution >= 4 is 18.3 Å². The van der Waals surface area contributed by atoms with E-state index in [1.807, 2.05) is 0 Å². The van der Waals surface area contributed by atoms with Crippen molar-refractivity contribution in [2.45, 2.75) is 19.4 Å². The van der Waals surface area contributed by atoms with E-state index in [9.17, 15) is 14.4 Å². The molecule has 84 valence electrons. The largest absolute Gasteiger partial charge is 0.466 e. The number of esters is 1. The Balaban J connectivity index is 2.58. The van der Waals surface area contributed by atoms with Gasteiger partial charge in [-0.1, -0.05) is 0 Å². The molecule has 1 N–H and O–H groups in total. The van der Waals surface area contributed by atoms with Crippen LogP contribution in [-0.2, 0) is 19.1 Å². The molecule has 0 aromatic heterocycles. The van der Waals surface area contributed by atoms with Gasteiger partial charge in [-0.25, -0.2) is 0 Å². The predicted molar refractivity (Wildman–Crippen MR) is 50.8 cm³/mol. The summed E-state index contributed by atoms with van der Waals surface area (Å²) in [5.41, 5.74) is 0. The van der Waals surface area contributed by atoms with Gasteiger partial charge in [0.2, 0.25) is 12.3 Å². The Kier molecular flexibility index (Phi) is 4.08. The summed E-state index contributed by atoms with van der Waals surface area (Å²) in [4.78, 5) is 34.5. The molecule has 6 nitrogen and oxygen atoms in total. The fourth-order valence-electron chi connectivity index (χ4n) is 1.45. The van der Waals surface area contributed by atoms with Gasteiger partial charge in [0.25, 0.3) is 0 Å². The van der Waals surface area contributed by atoms with Crippen LogP contribution in [0.2, 0.25) is 0 Å². The summed E-state index contributed by atoms with van der Waals surface area (Å²) in [6.45, 7) is 2.82. The van der Waals surface area contributed by atoms with Crippen LogP contribution in [0.1, 0.15) is 13.3 Å². The maximum absolute atomic E-state index is 11.4. The molecule has 0 bridgehead atoms. The first-order valence-corrected chi connectivity index (χ1v) is 4.83. The fourth-order valence-corrected chi connectivity index (χ4v) is 1.45. The third kappa shape index (κ3) is 2.93. The Labute approximate surface area is 87.6 Å². The van der Waals surface area contributed by atoms with Crippen molar-refractivity contribution < 1.29 is 19.1 Å². The zero-order valence-electron chi connectivity index (χ0n) is 8.56. The molecule has 6 heteroatoms. The lowest BCUT2D eigenvalue weighted by Crippen LogP contribution is -2.55. The molecule has 0 aromatic carbocycles. The second-order valence-corrected chi connectivity index (χ2v) is 3.16. The summed E-state index contributed by atoms with van der Waals surface area (Å²) in [5, 5.41) is 2.60. The zero-order chi connectivity index (χ0) is 11.3. The minimum Gasteiger partial charge on any atom is -0.466 e. The number of carbonyl (C=O) groups is 3. The van der Waals surface area contributed by atoms with Crippen LogP contribution in [0, 0.1) is 0 Å². The SMILES string of the molecule is CCOC(=O)CC1C(=O)NCCN1C=O. The van der Waals surface area contributed by atoms with Crippen molar-refractivity contribution in [3.8, 4) is 0 Å². The number of nitrogens with zero attached hydrogens (tertiary/aromatic N) is 1.